The van der Waals surface area contributed by atoms with Crippen LogP contribution in [0, 0.1) is 5.41 Å². The molecule has 29 heavy (non-hydrogen) atoms. The number of benzene rings is 1. The van der Waals surface area contributed by atoms with Gasteiger partial charge in [-0.2, -0.15) is 11.8 Å². The number of hydrogen-bond donors (Lipinski definition) is 1. The summed E-state index contributed by atoms with van der Waals surface area (Å²) in [5.41, 5.74) is 1.03. The Hall–Kier alpha value is -1.86. The van der Waals surface area contributed by atoms with Crippen LogP contribution in [0.2, 0.25) is 0 Å². The van der Waals surface area contributed by atoms with Gasteiger partial charge in [-0.3, -0.25) is 9.59 Å². The first-order chi connectivity index (χ1) is 13.8. The van der Waals surface area contributed by atoms with E-state index in [1.54, 1.807) is 18.7 Å². The minimum Gasteiger partial charge on any atom is -0.464 e. The van der Waals surface area contributed by atoms with Gasteiger partial charge in [0.15, 0.2) is 18.0 Å². The van der Waals surface area contributed by atoms with Crippen LogP contribution in [0.15, 0.2) is 30.3 Å². The highest BCUT2D eigenvalue weighted by Crippen LogP contribution is 2.27. The van der Waals surface area contributed by atoms with Crippen LogP contribution in [-0.4, -0.2) is 48.3 Å². The molecule has 2 rings (SSSR count). The molecule has 1 saturated heterocycles. The summed E-state index contributed by atoms with van der Waals surface area (Å²) in [5.74, 6) is 0.246. The van der Waals surface area contributed by atoms with Crippen LogP contribution >= 0.6 is 11.8 Å². The molecule has 0 aliphatic carbocycles. The van der Waals surface area contributed by atoms with Gasteiger partial charge < -0.3 is 14.8 Å². The molecular weight excluding hydrogens is 390 g/mol. The van der Waals surface area contributed by atoms with Gasteiger partial charge in [-0.05, 0) is 17.9 Å². The molecule has 1 heterocycles. The number of ether oxygens (including phenoxy) is 2. The number of esters is 1. The Morgan fingerprint density at radius 3 is 2.48 bits per heavy atom. The molecule has 1 aromatic rings. The molecule has 7 heteroatoms. The zero-order valence-corrected chi connectivity index (χ0v) is 18.4. The van der Waals surface area contributed by atoms with Crippen molar-refractivity contribution in [2.24, 2.45) is 5.41 Å². The van der Waals surface area contributed by atoms with Crippen molar-refractivity contribution in [1.82, 2.24) is 5.32 Å². The molecule has 6 nitrogen and oxygen atoms in total. The Bertz CT molecular complexity index is 706. The van der Waals surface area contributed by atoms with E-state index in [0.29, 0.717) is 12.2 Å². The number of amides is 1. The van der Waals surface area contributed by atoms with Crippen molar-refractivity contribution in [2.45, 2.75) is 64.5 Å². The van der Waals surface area contributed by atoms with E-state index >= 15 is 0 Å². The summed E-state index contributed by atoms with van der Waals surface area (Å²) in [5, 5.41) is 2.80. The van der Waals surface area contributed by atoms with E-state index in [-0.39, 0.29) is 17.8 Å². The number of epoxide rings is 1. The third-order valence-corrected chi connectivity index (χ3v) is 6.09. The average Bonchev–Trinajstić information content (AvgIpc) is 3.49. The number of nitrogens with one attached hydrogen (secondary N) is 1. The molecule has 0 bridgehead atoms. The molecular formula is C22H31NO5S. The second-order valence-electron chi connectivity index (χ2n) is 7.95. The number of carbonyl (C=O) groups is 3. The van der Waals surface area contributed by atoms with Crippen LogP contribution in [0.3, 0.4) is 0 Å². The number of thioether (sulfide) groups is 1. The third kappa shape index (κ3) is 7.48. The lowest BCUT2D eigenvalue weighted by Crippen LogP contribution is -2.46. The van der Waals surface area contributed by atoms with Gasteiger partial charge in [-0.25, -0.2) is 4.79 Å². The summed E-state index contributed by atoms with van der Waals surface area (Å²) >= 11 is 1.60. The first-order valence-corrected chi connectivity index (χ1v) is 11.2. The Morgan fingerprint density at radius 2 is 1.86 bits per heavy atom. The molecule has 1 aliphatic rings. The second-order valence-corrected chi connectivity index (χ2v) is 8.98. The van der Waals surface area contributed by atoms with Crippen LogP contribution in [0.4, 0.5) is 0 Å². The van der Waals surface area contributed by atoms with Crippen LogP contribution in [0.5, 0.6) is 0 Å². The largest absolute Gasteiger partial charge is 0.464 e. The SMILES string of the molecule is CCOC(=O)[C@H]1O[C@@H]1C(=O)N[C@@H](CSCc1ccccc1)C(=O)CC(C)(C)CC. The van der Waals surface area contributed by atoms with Gasteiger partial charge in [0, 0.05) is 17.9 Å². The number of hydrogen-bond acceptors (Lipinski definition) is 6. The third-order valence-electron chi connectivity index (χ3n) is 4.98. The van der Waals surface area contributed by atoms with Gasteiger partial charge in [0.05, 0.1) is 12.6 Å². The molecule has 1 amide bonds. The first kappa shape index (κ1) is 23.4. The number of rotatable bonds is 12. The standard InChI is InChI=1S/C22H31NO5S/c1-5-22(3,4)12-17(24)16(14-29-13-15-10-8-7-9-11-15)23-20(25)18-19(28-18)21(26)27-6-2/h7-11,16,18-19H,5-6,12-14H2,1-4H3,(H,23,25)/t16-,18-,19-/m0/s1. The lowest BCUT2D eigenvalue weighted by Gasteiger charge is -2.25. The summed E-state index contributed by atoms with van der Waals surface area (Å²) in [6.07, 6.45) is -0.488. The maximum atomic E-state index is 12.9. The molecule has 0 unspecified atom stereocenters. The Balaban J connectivity index is 1.95. The molecule has 1 aromatic carbocycles. The van der Waals surface area contributed by atoms with Crippen LogP contribution in [-0.2, 0) is 29.6 Å². The first-order valence-electron chi connectivity index (χ1n) is 10.0. The summed E-state index contributed by atoms with van der Waals surface area (Å²) in [4.78, 5) is 37.1. The average molecular weight is 422 g/mol. The summed E-state index contributed by atoms with van der Waals surface area (Å²) in [6.45, 7) is 8.07. The van der Waals surface area contributed by atoms with Crippen LogP contribution in [0.1, 0.15) is 46.1 Å². The van der Waals surface area contributed by atoms with E-state index in [2.05, 4.69) is 5.32 Å². The molecule has 1 N–H and O–H groups in total. The summed E-state index contributed by atoms with van der Waals surface area (Å²) in [6, 6.07) is 9.36. The Kier molecular flexibility index (Phi) is 8.71. The van der Waals surface area contributed by atoms with E-state index in [1.807, 2.05) is 51.1 Å². The quantitative estimate of drug-likeness (QED) is 0.412. The van der Waals surface area contributed by atoms with E-state index in [4.69, 9.17) is 9.47 Å². The van der Waals surface area contributed by atoms with Gasteiger partial charge >= 0.3 is 5.97 Å². The van der Waals surface area contributed by atoms with E-state index < -0.39 is 30.1 Å². The predicted octanol–water partition coefficient (Wildman–Crippen LogP) is 3.13. The highest BCUT2D eigenvalue weighted by molar-refractivity contribution is 7.98. The molecule has 0 saturated carbocycles. The van der Waals surface area contributed by atoms with E-state index in [1.165, 1.54) is 0 Å². The van der Waals surface area contributed by atoms with Crippen LogP contribution in [0.25, 0.3) is 0 Å². The number of carbonyl (C=O) groups excluding carboxylic acids is 3. The topological polar surface area (TPSA) is 85.0 Å². The lowest BCUT2D eigenvalue weighted by atomic mass is 9.83. The molecule has 0 radical (unpaired) electrons. The van der Waals surface area contributed by atoms with E-state index in [0.717, 1.165) is 17.7 Å². The van der Waals surface area contributed by atoms with Crippen molar-refractivity contribution >= 4 is 29.4 Å². The second kappa shape index (κ2) is 10.8. The molecule has 1 aliphatic heterocycles. The van der Waals surface area contributed by atoms with Gasteiger partial charge in [0.1, 0.15) is 0 Å². The van der Waals surface area contributed by atoms with Crippen molar-refractivity contribution in [3.8, 4) is 0 Å². The molecule has 3 atom stereocenters. The molecule has 1 fully saturated rings. The number of Topliss-reactive ketones (excluding diaryl/α,β-unsaturated/α-hetero) is 1. The monoisotopic (exact) mass is 421 g/mol. The number of ketones is 1. The fourth-order valence-corrected chi connectivity index (χ4v) is 3.82. The van der Waals surface area contributed by atoms with Gasteiger partial charge in [0.2, 0.25) is 0 Å². The molecule has 0 aromatic heterocycles. The van der Waals surface area contributed by atoms with Gasteiger partial charge in [0.25, 0.3) is 5.91 Å². The van der Waals surface area contributed by atoms with Crippen molar-refractivity contribution in [3.05, 3.63) is 35.9 Å². The fraction of sp³-hybridized carbons (Fsp3) is 0.591. The molecule has 0 spiro atoms. The van der Waals surface area contributed by atoms with Crippen molar-refractivity contribution in [1.29, 1.82) is 0 Å². The van der Waals surface area contributed by atoms with Crippen molar-refractivity contribution in [3.63, 3.8) is 0 Å². The zero-order valence-electron chi connectivity index (χ0n) is 17.6. The zero-order chi connectivity index (χ0) is 21.4. The lowest BCUT2D eigenvalue weighted by molar-refractivity contribution is -0.144. The minimum absolute atomic E-state index is 0.000837. The maximum absolute atomic E-state index is 12.9. The summed E-state index contributed by atoms with van der Waals surface area (Å²) in [7, 11) is 0. The summed E-state index contributed by atoms with van der Waals surface area (Å²) < 4.78 is 10.0. The fourth-order valence-electron chi connectivity index (χ4n) is 2.77. The van der Waals surface area contributed by atoms with Crippen LogP contribution < -0.4 is 5.32 Å². The van der Waals surface area contributed by atoms with E-state index in [9.17, 15) is 14.4 Å². The Labute approximate surface area is 177 Å². The van der Waals surface area contributed by atoms with Crippen molar-refractivity contribution < 1.29 is 23.9 Å². The molecule has 160 valence electrons. The minimum atomic E-state index is -0.873. The highest BCUT2D eigenvalue weighted by atomic mass is 32.2. The van der Waals surface area contributed by atoms with Gasteiger partial charge in [-0.15, -0.1) is 0 Å². The normalized spacial score (nSPS) is 19.3. The van der Waals surface area contributed by atoms with Gasteiger partial charge in [-0.1, -0.05) is 57.5 Å². The predicted molar refractivity (Wildman–Crippen MR) is 114 cm³/mol. The maximum Gasteiger partial charge on any atom is 0.338 e. The highest BCUT2D eigenvalue weighted by Gasteiger charge is 2.52. The smallest absolute Gasteiger partial charge is 0.338 e. The van der Waals surface area contributed by atoms with Crippen molar-refractivity contribution in [2.75, 3.05) is 12.4 Å². The Morgan fingerprint density at radius 1 is 1.17 bits per heavy atom.